The van der Waals surface area contributed by atoms with E-state index >= 15 is 0 Å². The highest BCUT2D eigenvalue weighted by atomic mass is 14.4. The molecule has 22 aromatic carbocycles. The van der Waals surface area contributed by atoms with E-state index in [1.54, 1.807) is 0 Å². The van der Waals surface area contributed by atoms with Gasteiger partial charge >= 0.3 is 0 Å². The topological polar surface area (TPSA) is 0 Å². The zero-order valence-corrected chi connectivity index (χ0v) is 72.0. The lowest BCUT2D eigenvalue weighted by molar-refractivity contribution is 0.660. The van der Waals surface area contributed by atoms with Gasteiger partial charge in [-0.2, -0.15) is 0 Å². The third-order valence-corrected chi connectivity index (χ3v) is 30.5. The Hall–Kier alpha value is -14.8. The van der Waals surface area contributed by atoms with E-state index in [-0.39, 0.29) is 21.7 Å². The normalized spacial score (nSPS) is 14.4. The summed E-state index contributed by atoms with van der Waals surface area (Å²) in [5.41, 5.74) is 40.7. The Kier molecular flexibility index (Phi) is 15.2. The summed E-state index contributed by atoms with van der Waals surface area (Å²) in [7, 11) is 0. The summed E-state index contributed by atoms with van der Waals surface area (Å²) in [6, 6.07) is 150. The summed E-state index contributed by atoms with van der Waals surface area (Å²) in [4.78, 5) is 0. The molecule has 0 radical (unpaired) electrons. The van der Waals surface area contributed by atoms with Gasteiger partial charge in [0.15, 0.2) is 0 Å². The first-order valence-corrected chi connectivity index (χ1v) is 44.9. The molecule has 0 unspecified atom stereocenters. The van der Waals surface area contributed by atoms with E-state index in [0.29, 0.717) is 0 Å². The van der Waals surface area contributed by atoms with E-state index in [0.717, 1.165) is 0 Å². The Morgan fingerprint density at radius 3 is 0.460 bits per heavy atom. The van der Waals surface area contributed by atoms with Crippen molar-refractivity contribution in [3.63, 3.8) is 0 Å². The van der Waals surface area contributed by atoms with Crippen molar-refractivity contribution in [1.82, 2.24) is 0 Å². The van der Waals surface area contributed by atoms with Crippen LogP contribution >= 0.6 is 0 Å². The summed E-state index contributed by atoms with van der Waals surface area (Å²) in [5.74, 6) is 0. The number of rotatable bonds is 8. The predicted molar refractivity (Wildman–Crippen MR) is 538 cm³/mol. The van der Waals surface area contributed by atoms with Crippen molar-refractivity contribution in [3.8, 4) is 134 Å². The standard InChI is InChI=1S/C126H88/c1-123(2)113-37-21-17-33-101(113)105-53-45-77(69-117(105)123)85-61-57-81(89-25-9-13-29-93(85)89)73-41-49-97-98-50-42-75(83-59-63-87(95-31-15-11-27-91(83)95)79-47-55-107-103-35-19-23-39-115(103)125(5,6)119(107)71-79)67-111(98)122-112-68-76(84-60-64-88(96-32-16-12-28-92(84)96)80-48-56-108-104-36-20-24-40-116(104)126(7,8)120(108)72-80)44-52-100(112)99-51-43-74(66-110(99)121(122)109(97)65-73)82-58-62-86(94-30-14-10-26-90(82)94)78-46-54-106-102-34-18-22-38-114(102)124(3,4)118(106)70-78/h9-72H,1-8H3. The van der Waals surface area contributed by atoms with Gasteiger partial charge in [-0.25, -0.2) is 0 Å². The van der Waals surface area contributed by atoms with Crippen molar-refractivity contribution in [2.24, 2.45) is 0 Å². The molecule has 0 heterocycles. The maximum absolute atomic E-state index is 2.57. The van der Waals surface area contributed by atoms with Crippen LogP contribution < -0.4 is 0 Å². The van der Waals surface area contributed by atoms with Crippen LogP contribution in [0.1, 0.15) is 99.9 Å². The molecule has 0 bridgehead atoms. The van der Waals surface area contributed by atoms with Crippen LogP contribution in [-0.2, 0) is 21.7 Å². The number of benzene rings is 22. The van der Waals surface area contributed by atoms with Gasteiger partial charge < -0.3 is 0 Å². The van der Waals surface area contributed by atoms with Gasteiger partial charge in [0.25, 0.3) is 0 Å². The third kappa shape index (κ3) is 10.2. The molecule has 0 spiro atoms. The molecular weight excluding hydrogens is 1510 g/mol. The molecule has 4 aliphatic rings. The average molecular weight is 1600 g/mol. The highest BCUT2D eigenvalue weighted by Crippen LogP contribution is 2.58. The Labute approximate surface area is 735 Å². The zero-order valence-electron chi connectivity index (χ0n) is 72.0. The van der Waals surface area contributed by atoms with Gasteiger partial charge in [0.2, 0.25) is 0 Å². The lowest BCUT2D eigenvalue weighted by atomic mass is 9.81. The lowest BCUT2D eigenvalue weighted by Crippen LogP contribution is -2.14. The van der Waals surface area contributed by atoms with Crippen LogP contribution in [0.4, 0.5) is 0 Å². The van der Waals surface area contributed by atoms with Crippen molar-refractivity contribution < 1.29 is 0 Å². The Balaban J connectivity index is 0.722. The molecule has 592 valence electrons. The average Bonchev–Trinajstić information content (AvgIpc) is 0.699. The van der Waals surface area contributed by atoms with Crippen LogP contribution in [0.3, 0.4) is 0 Å². The van der Waals surface area contributed by atoms with Gasteiger partial charge in [-0.05, 0) is 324 Å². The fourth-order valence-corrected chi connectivity index (χ4v) is 24.1. The maximum Gasteiger partial charge on any atom is 0.0159 e. The van der Waals surface area contributed by atoms with Gasteiger partial charge in [0, 0.05) is 21.7 Å². The van der Waals surface area contributed by atoms with Crippen molar-refractivity contribution in [1.29, 1.82) is 0 Å². The van der Waals surface area contributed by atoms with Crippen LogP contribution in [0.15, 0.2) is 388 Å². The number of hydrogen-bond acceptors (Lipinski definition) is 0. The van der Waals surface area contributed by atoms with Crippen molar-refractivity contribution in [2.45, 2.75) is 77.0 Å². The Morgan fingerprint density at radius 2 is 0.262 bits per heavy atom. The monoisotopic (exact) mass is 1600 g/mol. The first-order chi connectivity index (χ1) is 61.5. The minimum Gasteiger partial charge on any atom is -0.0619 e. The molecule has 0 amide bonds. The van der Waals surface area contributed by atoms with Crippen LogP contribution in [0.2, 0.25) is 0 Å². The molecule has 22 aromatic rings. The second kappa shape index (κ2) is 26.4. The molecule has 0 saturated heterocycles. The van der Waals surface area contributed by atoms with Crippen LogP contribution in [0.5, 0.6) is 0 Å². The summed E-state index contributed by atoms with van der Waals surface area (Å²) in [6.45, 7) is 19.1. The van der Waals surface area contributed by atoms with Crippen molar-refractivity contribution >= 4 is 97.0 Å². The first-order valence-electron chi connectivity index (χ1n) is 44.9. The molecule has 0 saturated carbocycles. The summed E-state index contributed by atoms with van der Waals surface area (Å²) in [6.07, 6.45) is 0. The molecule has 0 aromatic heterocycles. The van der Waals surface area contributed by atoms with Crippen LogP contribution in [-0.4, -0.2) is 0 Å². The first kappa shape index (κ1) is 72.8. The highest BCUT2D eigenvalue weighted by Gasteiger charge is 2.40. The van der Waals surface area contributed by atoms with E-state index in [1.165, 1.54) is 275 Å². The summed E-state index contributed by atoms with van der Waals surface area (Å²) >= 11 is 0. The van der Waals surface area contributed by atoms with Crippen molar-refractivity contribution in [2.75, 3.05) is 0 Å². The minimum absolute atomic E-state index is 0.131. The summed E-state index contributed by atoms with van der Waals surface area (Å²) < 4.78 is 0. The van der Waals surface area contributed by atoms with E-state index in [4.69, 9.17) is 0 Å². The van der Waals surface area contributed by atoms with E-state index in [9.17, 15) is 0 Å². The molecular formula is C126H88. The molecule has 0 N–H and O–H groups in total. The molecule has 4 aliphatic carbocycles. The SMILES string of the molecule is CC1(C)c2ccccc2-c2ccc(-c3ccc(-c4ccc5c6ccc(-c7ccc(-c8ccc9c(c8)C(C)(C)c8ccccc8-9)c8ccccc78)cc6c6c7cc(-c8ccc(-c9ccc%10c(c9)C(C)(C)c9ccccc9-%10)c9ccccc89)ccc7c7ccc(-c8ccc(-c9ccc%10c(c9)C(C)(C)c9ccccc9-%10)c9ccccc89)cc7c6c5c4)c4ccccc34)cc21. The second-order valence-electron chi connectivity index (χ2n) is 38.3. The smallest absolute Gasteiger partial charge is 0.0159 e. The Bertz CT molecular complexity index is 7640. The lowest BCUT2D eigenvalue weighted by Gasteiger charge is -2.22. The number of hydrogen-bond donors (Lipinski definition) is 0. The minimum atomic E-state index is -0.131. The van der Waals surface area contributed by atoms with Crippen LogP contribution in [0, 0.1) is 0 Å². The third-order valence-electron chi connectivity index (χ3n) is 30.5. The fourth-order valence-electron chi connectivity index (χ4n) is 24.1. The van der Waals surface area contributed by atoms with Gasteiger partial charge in [0.1, 0.15) is 0 Å². The van der Waals surface area contributed by atoms with Gasteiger partial charge in [-0.15, -0.1) is 0 Å². The van der Waals surface area contributed by atoms with E-state index < -0.39 is 0 Å². The molecule has 26 rings (SSSR count). The molecule has 126 heavy (non-hydrogen) atoms. The van der Waals surface area contributed by atoms with Gasteiger partial charge in [-0.3, -0.25) is 0 Å². The molecule has 0 heteroatoms. The molecule has 0 nitrogen and oxygen atoms in total. The molecule has 0 fully saturated rings. The van der Waals surface area contributed by atoms with Gasteiger partial charge in [-0.1, -0.05) is 395 Å². The largest absolute Gasteiger partial charge is 0.0619 e. The zero-order chi connectivity index (χ0) is 84.1. The molecule has 0 atom stereocenters. The quantitative estimate of drug-likeness (QED) is 0.133. The Morgan fingerprint density at radius 1 is 0.111 bits per heavy atom. The van der Waals surface area contributed by atoms with Crippen LogP contribution in [0.25, 0.3) is 230 Å². The summed E-state index contributed by atoms with van der Waals surface area (Å²) in [5, 5.41) is 22.1. The fraction of sp³-hybridized carbons (Fsp3) is 0.0952. The van der Waals surface area contributed by atoms with E-state index in [1.807, 2.05) is 0 Å². The predicted octanol–water partition coefficient (Wildman–Crippen LogP) is 34.6. The number of fused-ring (bicyclic) bond motifs is 27. The van der Waals surface area contributed by atoms with Crippen molar-refractivity contribution in [3.05, 3.63) is 433 Å². The maximum atomic E-state index is 2.57. The highest BCUT2D eigenvalue weighted by molar-refractivity contribution is 6.41. The second-order valence-corrected chi connectivity index (χ2v) is 38.3. The van der Waals surface area contributed by atoms with Gasteiger partial charge in [0.05, 0.1) is 0 Å². The van der Waals surface area contributed by atoms with E-state index in [2.05, 4.69) is 444 Å². The molecule has 0 aliphatic heterocycles.